The minimum Gasteiger partial charge on any atom is -0.452 e. The zero-order valence-electron chi connectivity index (χ0n) is 13.1. The van der Waals surface area contributed by atoms with Gasteiger partial charge in [-0.3, -0.25) is 9.59 Å². The van der Waals surface area contributed by atoms with Gasteiger partial charge < -0.3 is 9.47 Å². The minimum atomic E-state index is -0.597. The fraction of sp³-hybridized carbons (Fsp3) is 0.222. The number of allylic oxidation sites excluding steroid dienone is 1. The molecule has 1 aromatic carbocycles. The van der Waals surface area contributed by atoms with Crippen molar-refractivity contribution in [3.8, 4) is 11.5 Å². The van der Waals surface area contributed by atoms with Gasteiger partial charge in [-0.15, -0.1) is 11.3 Å². The van der Waals surface area contributed by atoms with Crippen LogP contribution in [0.2, 0.25) is 0 Å². The molecule has 3 rings (SSSR count). The van der Waals surface area contributed by atoms with Crippen LogP contribution in [0.5, 0.6) is 11.5 Å². The molecule has 1 aliphatic heterocycles. The largest absolute Gasteiger partial charge is 0.452 e. The molecule has 0 spiro atoms. The Morgan fingerprint density at radius 2 is 2.04 bits per heavy atom. The second kappa shape index (κ2) is 5.66. The van der Waals surface area contributed by atoms with Crippen LogP contribution in [-0.4, -0.2) is 11.8 Å². The van der Waals surface area contributed by atoms with E-state index in [4.69, 9.17) is 9.47 Å². The SMILES string of the molecule is CC(C)(C)C(=O)Oc1ccc2c(c1)O/C(=C\c1cccs1)C2=O. The monoisotopic (exact) mass is 328 g/mol. The first-order chi connectivity index (χ1) is 10.8. The number of benzene rings is 1. The zero-order valence-corrected chi connectivity index (χ0v) is 13.9. The first-order valence-electron chi connectivity index (χ1n) is 7.19. The van der Waals surface area contributed by atoms with E-state index in [-0.39, 0.29) is 17.5 Å². The predicted octanol–water partition coefficient (Wildman–Crippen LogP) is 4.32. The first kappa shape index (κ1) is 15.5. The molecule has 0 aliphatic carbocycles. The molecule has 2 aromatic rings. The molecule has 0 radical (unpaired) electrons. The molecule has 4 nitrogen and oxygen atoms in total. The molecule has 0 unspecified atom stereocenters. The smallest absolute Gasteiger partial charge is 0.316 e. The third-order valence-corrected chi connectivity index (χ3v) is 4.10. The van der Waals surface area contributed by atoms with Crippen LogP contribution in [0.15, 0.2) is 41.5 Å². The normalized spacial score (nSPS) is 15.4. The highest BCUT2D eigenvalue weighted by Gasteiger charge is 2.29. The molecule has 1 aliphatic rings. The molecule has 23 heavy (non-hydrogen) atoms. The van der Waals surface area contributed by atoms with Crippen LogP contribution in [-0.2, 0) is 4.79 Å². The average Bonchev–Trinajstić information content (AvgIpc) is 3.07. The summed E-state index contributed by atoms with van der Waals surface area (Å²) in [5.74, 6) is 0.561. The van der Waals surface area contributed by atoms with Gasteiger partial charge in [0.1, 0.15) is 11.5 Å². The molecule has 0 atom stereocenters. The third-order valence-electron chi connectivity index (χ3n) is 3.28. The summed E-state index contributed by atoms with van der Waals surface area (Å²) in [5, 5.41) is 1.93. The molecular weight excluding hydrogens is 312 g/mol. The van der Waals surface area contributed by atoms with E-state index < -0.39 is 5.41 Å². The number of rotatable bonds is 2. The quantitative estimate of drug-likeness (QED) is 0.468. The number of ether oxygens (including phenoxy) is 2. The minimum absolute atomic E-state index is 0.165. The lowest BCUT2D eigenvalue weighted by atomic mass is 9.97. The fourth-order valence-corrected chi connectivity index (χ4v) is 2.64. The molecular formula is C18H16O4S. The number of Topliss-reactive ketones (excluding diaryl/α,β-unsaturated/α-hetero) is 1. The lowest BCUT2D eigenvalue weighted by Crippen LogP contribution is -2.25. The topological polar surface area (TPSA) is 52.6 Å². The van der Waals surface area contributed by atoms with Crippen LogP contribution in [0.25, 0.3) is 6.08 Å². The summed E-state index contributed by atoms with van der Waals surface area (Å²) in [5.41, 5.74) is -0.122. The van der Waals surface area contributed by atoms with E-state index in [1.807, 2.05) is 17.5 Å². The second-order valence-corrected chi connectivity index (χ2v) is 7.23. The van der Waals surface area contributed by atoms with Crippen molar-refractivity contribution in [3.63, 3.8) is 0 Å². The van der Waals surface area contributed by atoms with Crippen molar-refractivity contribution in [2.45, 2.75) is 20.8 Å². The number of fused-ring (bicyclic) bond motifs is 1. The standard InChI is InChI=1S/C18H16O4S/c1-18(2,3)17(20)21-11-6-7-13-14(9-11)22-15(16(13)19)10-12-5-4-8-23-12/h4-10H,1-3H3/b15-10-. The van der Waals surface area contributed by atoms with Crippen molar-refractivity contribution in [2.24, 2.45) is 5.41 Å². The maximum absolute atomic E-state index is 12.3. The number of hydrogen-bond acceptors (Lipinski definition) is 5. The van der Waals surface area contributed by atoms with Crippen LogP contribution in [0, 0.1) is 5.41 Å². The van der Waals surface area contributed by atoms with Gasteiger partial charge in [0.2, 0.25) is 5.78 Å². The number of esters is 1. The molecule has 0 N–H and O–H groups in total. The van der Waals surface area contributed by atoms with Gasteiger partial charge >= 0.3 is 5.97 Å². The molecule has 0 fully saturated rings. The maximum Gasteiger partial charge on any atom is 0.316 e. The highest BCUT2D eigenvalue weighted by Crippen LogP contribution is 2.35. The van der Waals surface area contributed by atoms with Crippen molar-refractivity contribution >= 4 is 29.2 Å². The number of carbonyl (C=O) groups is 2. The molecule has 0 saturated heterocycles. The van der Waals surface area contributed by atoms with Crippen LogP contribution in [0.4, 0.5) is 0 Å². The van der Waals surface area contributed by atoms with Gasteiger partial charge in [-0.2, -0.15) is 0 Å². The molecule has 1 aromatic heterocycles. The van der Waals surface area contributed by atoms with E-state index in [2.05, 4.69) is 0 Å². The Morgan fingerprint density at radius 3 is 2.70 bits per heavy atom. The molecule has 0 saturated carbocycles. The molecule has 0 bridgehead atoms. The first-order valence-corrected chi connectivity index (χ1v) is 8.06. The Balaban J connectivity index is 1.84. The van der Waals surface area contributed by atoms with Crippen LogP contribution < -0.4 is 9.47 Å². The third kappa shape index (κ3) is 3.19. The van der Waals surface area contributed by atoms with Gasteiger partial charge in [0.15, 0.2) is 5.76 Å². The van der Waals surface area contributed by atoms with Gasteiger partial charge in [0.25, 0.3) is 0 Å². The Labute approximate surface area is 138 Å². The summed E-state index contributed by atoms with van der Waals surface area (Å²) in [6.45, 7) is 5.35. The van der Waals surface area contributed by atoms with Gasteiger partial charge in [-0.1, -0.05) is 6.07 Å². The summed E-state index contributed by atoms with van der Waals surface area (Å²) in [7, 11) is 0. The molecule has 118 valence electrons. The van der Waals surface area contributed by atoms with E-state index >= 15 is 0 Å². The van der Waals surface area contributed by atoms with Crippen LogP contribution in [0.1, 0.15) is 36.0 Å². The van der Waals surface area contributed by atoms with Crippen molar-refractivity contribution in [1.82, 2.24) is 0 Å². The Bertz CT molecular complexity index is 795. The van der Waals surface area contributed by atoms with Crippen molar-refractivity contribution in [3.05, 3.63) is 51.9 Å². The molecule has 5 heteroatoms. The zero-order chi connectivity index (χ0) is 16.6. The van der Waals surface area contributed by atoms with Crippen molar-refractivity contribution < 1.29 is 19.1 Å². The van der Waals surface area contributed by atoms with E-state index in [1.54, 1.807) is 45.0 Å². The van der Waals surface area contributed by atoms with Crippen molar-refractivity contribution in [1.29, 1.82) is 0 Å². The number of hydrogen-bond donors (Lipinski definition) is 0. The predicted molar refractivity (Wildman–Crippen MR) is 88.8 cm³/mol. The Kier molecular flexibility index (Phi) is 3.82. The number of thiophene rings is 1. The fourth-order valence-electron chi connectivity index (χ4n) is 1.99. The summed E-state index contributed by atoms with van der Waals surface area (Å²) in [6, 6.07) is 8.63. The highest BCUT2D eigenvalue weighted by molar-refractivity contribution is 7.10. The van der Waals surface area contributed by atoms with Gasteiger partial charge in [-0.25, -0.2) is 0 Å². The lowest BCUT2D eigenvalue weighted by Gasteiger charge is -2.16. The molecule has 2 heterocycles. The van der Waals surface area contributed by atoms with Crippen LogP contribution >= 0.6 is 11.3 Å². The maximum atomic E-state index is 12.3. The number of ketones is 1. The van der Waals surface area contributed by atoms with Gasteiger partial charge in [0.05, 0.1) is 11.0 Å². The number of carbonyl (C=O) groups excluding carboxylic acids is 2. The van der Waals surface area contributed by atoms with Crippen molar-refractivity contribution in [2.75, 3.05) is 0 Å². The van der Waals surface area contributed by atoms with Crippen LogP contribution in [0.3, 0.4) is 0 Å². The Morgan fingerprint density at radius 1 is 1.26 bits per heavy atom. The lowest BCUT2D eigenvalue weighted by molar-refractivity contribution is -0.142. The Hall–Kier alpha value is -2.40. The second-order valence-electron chi connectivity index (χ2n) is 6.25. The average molecular weight is 328 g/mol. The highest BCUT2D eigenvalue weighted by atomic mass is 32.1. The molecule has 0 amide bonds. The van der Waals surface area contributed by atoms with E-state index in [9.17, 15) is 9.59 Å². The van der Waals surface area contributed by atoms with Gasteiger partial charge in [-0.05, 0) is 44.4 Å². The summed E-state index contributed by atoms with van der Waals surface area (Å²) < 4.78 is 11.0. The van der Waals surface area contributed by atoms with E-state index in [1.165, 1.54) is 11.3 Å². The summed E-state index contributed by atoms with van der Waals surface area (Å²) >= 11 is 1.53. The van der Waals surface area contributed by atoms with Gasteiger partial charge in [0, 0.05) is 17.0 Å². The summed E-state index contributed by atoms with van der Waals surface area (Å²) in [4.78, 5) is 25.2. The van der Waals surface area contributed by atoms with E-state index in [0.29, 0.717) is 17.1 Å². The van der Waals surface area contributed by atoms with E-state index in [0.717, 1.165) is 4.88 Å². The summed E-state index contributed by atoms with van der Waals surface area (Å²) in [6.07, 6.45) is 1.72.